The minimum Gasteiger partial charge on any atom is -0.379 e. The highest BCUT2D eigenvalue weighted by Gasteiger charge is 2.30. The average Bonchev–Trinajstić information content (AvgIpc) is 2.49. The first-order chi connectivity index (χ1) is 8.58. The monoisotopic (exact) mass is 255 g/mol. The Hall–Kier alpha value is -0.160. The van der Waals surface area contributed by atoms with E-state index in [1.165, 1.54) is 26.1 Å². The van der Waals surface area contributed by atoms with Crippen LogP contribution in [0.25, 0.3) is 0 Å². The molecule has 2 aliphatic heterocycles. The first kappa shape index (κ1) is 14.3. The minimum atomic E-state index is 0.275. The SMILES string of the molecule is CC1CCN(CCN2CCOCC2)C(C)(C)CN1. The molecule has 18 heavy (non-hydrogen) atoms. The molecule has 2 rings (SSSR count). The molecule has 1 N–H and O–H groups in total. The average molecular weight is 255 g/mol. The summed E-state index contributed by atoms with van der Waals surface area (Å²) >= 11 is 0. The molecule has 2 heterocycles. The lowest BCUT2D eigenvalue weighted by molar-refractivity contribution is 0.0265. The number of nitrogens with one attached hydrogen (secondary N) is 1. The van der Waals surface area contributed by atoms with Crippen molar-refractivity contribution < 1.29 is 4.74 Å². The van der Waals surface area contributed by atoms with Crippen LogP contribution < -0.4 is 5.32 Å². The number of ether oxygens (including phenoxy) is 1. The van der Waals surface area contributed by atoms with E-state index in [4.69, 9.17) is 4.74 Å². The Labute approximate surface area is 112 Å². The molecule has 0 aromatic rings. The van der Waals surface area contributed by atoms with Gasteiger partial charge < -0.3 is 10.1 Å². The smallest absolute Gasteiger partial charge is 0.0594 e. The molecule has 0 saturated carbocycles. The summed E-state index contributed by atoms with van der Waals surface area (Å²) in [7, 11) is 0. The van der Waals surface area contributed by atoms with Crippen LogP contribution in [0.3, 0.4) is 0 Å². The maximum atomic E-state index is 5.40. The van der Waals surface area contributed by atoms with Crippen LogP contribution in [-0.2, 0) is 4.74 Å². The van der Waals surface area contributed by atoms with Gasteiger partial charge in [-0.05, 0) is 27.2 Å². The van der Waals surface area contributed by atoms with Crippen LogP contribution in [0.5, 0.6) is 0 Å². The van der Waals surface area contributed by atoms with Crippen molar-refractivity contribution in [1.82, 2.24) is 15.1 Å². The zero-order chi connectivity index (χ0) is 13.0. The van der Waals surface area contributed by atoms with Crippen molar-refractivity contribution in [2.24, 2.45) is 0 Å². The summed E-state index contributed by atoms with van der Waals surface area (Å²) in [4.78, 5) is 5.18. The maximum absolute atomic E-state index is 5.40. The lowest BCUT2D eigenvalue weighted by Gasteiger charge is -2.38. The van der Waals surface area contributed by atoms with Crippen LogP contribution in [0, 0.1) is 0 Å². The molecule has 2 saturated heterocycles. The highest BCUT2D eigenvalue weighted by molar-refractivity contribution is 4.89. The van der Waals surface area contributed by atoms with Gasteiger partial charge in [-0.25, -0.2) is 0 Å². The molecule has 2 aliphatic rings. The first-order valence-corrected chi connectivity index (χ1v) is 7.36. The van der Waals surface area contributed by atoms with E-state index in [9.17, 15) is 0 Å². The topological polar surface area (TPSA) is 27.7 Å². The molecular weight excluding hydrogens is 226 g/mol. The van der Waals surface area contributed by atoms with Crippen LogP contribution in [-0.4, -0.2) is 73.9 Å². The van der Waals surface area contributed by atoms with Gasteiger partial charge in [0.15, 0.2) is 0 Å². The predicted octanol–water partition coefficient (Wildman–Crippen LogP) is 0.781. The van der Waals surface area contributed by atoms with Gasteiger partial charge in [0, 0.05) is 50.8 Å². The number of hydrogen-bond acceptors (Lipinski definition) is 4. The second-order valence-corrected chi connectivity index (χ2v) is 6.32. The molecule has 0 aliphatic carbocycles. The zero-order valence-electron chi connectivity index (χ0n) is 12.2. The fraction of sp³-hybridized carbons (Fsp3) is 1.00. The van der Waals surface area contributed by atoms with Gasteiger partial charge in [0.1, 0.15) is 0 Å². The van der Waals surface area contributed by atoms with Gasteiger partial charge in [-0.1, -0.05) is 0 Å². The maximum Gasteiger partial charge on any atom is 0.0594 e. The van der Waals surface area contributed by atoms with Gasteiger partial charge in [-0.3, -0.25) is 9.80 Å². The Morgan fingerprint density at radius 1 is 1.17 bits per heavy atom. The molecule has 0 aromatic heterocycles. The fourth-order valence-electron chi connectivity index (χ4n) is 2.79. The quantitative estimate of drug-likeness (QED) is 0.806. The molecule has 0 aromatic carbocycles. The van der Waals surface area contributed by atoms with Gasteiger partial charge in [0.2, 0.25) is 0 Å². The van der Waals surface area contributed by atoms with E-state index in [0.29, 0.717) is 6.04 Å². The Morgan fingerprint density at radius 3 is 2.61 bits per heavy atom. The number of nitrogens with zero attached hydrogens (tertiary/aromatic N) is 2. The molecule has 0 spiro atoms. The van der Waals surface area contributed by atoms with Crippen molar-refractivity contribution >= 4 is 0 Å². The van der Waals surface area contributed by atoms with Crippen LogP contribution in [0.4, 0.5) is 0 Å². The molecule has 0 radical (unpaired) electrons. The lowest BCUT2D eigenvalue weighted by Crippen LogP contribution is -2.52. The molecule has 1 unspecified atom stereocenters. The summed E-state index contributed by atoms with van der Waals surface area (Å²) in [5.41, 5.74) is 0.275. The van der Waals surface area contributed by atoms with Crippen LogP contribution in [0.1, 0.15) is 27.2 Å². The second-order valence-electron chi connectivity index (χ2n) is 6.32. The normalized spacial score (nSPS) is 31.2. The van der Waals surface area contributed by atoms with Crippen molar-refractivity contribution in [3.05, 3.63) is 0 Å². The molecule has 4 nitrogen and oxygen atoms in total. The van der Waals surface area contributed by atoms with Gasteiger partial charge >= 0.3 is 0 Å². The van der Waals surface area contributed by atoms with Crippen LogP contribution >= 0.6 is 0 Å². The van der Waals surface area contributed by atoms with Crippen molar-refractivity contribution in [3.63, 3.8) is 0 Å². The van der Waals surface area contributed by atoms with Crippen molar-refractivity contribution in [2.45, 2.75) is 38.8 Å². The van der Waals surface area contributed by atoms with E-state index in [2.05, 4.69) is 35.9 Å². The van der Waals surface area contributed by atoms with E-state index >= 15 is 0 Å². The molecule has 106 valence electrons. The summed E-state index contributed by atoms with van der Waals surface area (Å²) in [6.45, 7) is 15.7. The van der Waals surface area contributed by atoms with E-state index in [-0.39, 0.29) is 5.54 Å². The van der Waals surface area contributed by atoms with Gasteiger partial charge in [-0.15, -0.1) is 0 Å². The summed E-state index contributed by atoms with van der Waals surface area (Å²) in [6, 6.07) is 0.651. The van der Waals surface area contributed by atoms with Crippen LogP contribution in [0.15, 0.2) is 0 Å². The summed E-state index contributed by atoms with van der Waals surface area (Å²) < 4.78 is 5.40. The molecule has 2 fully saturated rings. The van der Waals surface area contributed by atoms with Crippen molar-refractivity contribution in [2.75, 3.05) is 52.5 Å². The molecule has 0 amide bonds. The number of hydrogen-bond donors (Lipinski definition) is 1. The van der Waals surface area contributed by atoms with E-state index in [1.807, 2.05) is 0 Å². The Bertz CT molecular complexity index is 251. The van der Waals surface area contributed by atoms with E-state index < -0.39 is 0 Å². The Kier molecular flexibility index (Phi) is 5.01. The van der Waals surface area contributed by atoms with Gasteiger partial charge in [0.05, 0.1) is 13.2 Å². The molecular formula is C14H29N3O. The summed E-state index contributed by atoms with van der Waals surface area (Å²) in [6.07, 6.45) is 1.26. The zero-order valence-corrected chi connectivity index (χ0v) is 12.2. The minimum absolute atomic E-state index is 0.275. The first-order valence-electron chi connectivity index (χ1n) is 7.36. The number of morpholine rings is 1. The van der Waals surface area contributed by atoms with Gasteiger partial charge in [-0.2, -0.15) is 0 Å². The molecule has 4 heteroatoms. The van der Waals surface area contributed by atoms with Crippen LogP contribution in [0.2, 0.25) is 0 Å². The third kappa shape index (κ3) is 3.92. The number of rotatable bonds is 3. The van der Waals surface area contributed by atoms with E-state index in [0.717, 1.165) is 32.8 Å². The summed E-state index contributed by atoms with van der Waals surface area (Å²) in [5, 5.41) is 3.63. The van der Waals surface area contributed by atoms with Crippen molar-refractivity contribution in [1.29, 1.82) is 0 Å². The third-order valence-electron chi connectivity index (χ3n) is 4.36. The molecule has 1 atom stereocenters. The van der Waals surface area contributed by atoms with Gasteiger partial charge in [0.25, 0.3) is 0 Å². The Balaban J connectivity index is 1.82. The highest BCUT2D eigenvalue weighted by Crippen LogP contribution is 2.18. The predicted molar refractivity (Wildman–Crippen MR) is 75.0 cm³/mol. The van der Waals surface area contributed by atoms with E-state index in [1.54, 1.807) is 0 Å². The summed E-state index contributed by atoms with van der Waals surface area (Å²) in [5.74, 6) is 0. The molecule has 0 bridgehead atoms. The standard InChI is InChI=1S/C14H29N3O/c1-13-4-5-17(14(2,3)12-15-13)7-6-16-8-10-18-11-9-16/h13,15H,4-12H2,1-3H3. The third-order valence-corrected chi connectivity index (χ3v) is 4.36. The Morgan fingerprint density at radius 2 is 1.89 bits per heavy atom. The fourth-order valence-corrected chi connectivity index (χ4v) is 2.79. The lowest BCUT2D eigenvalue weighted by atomic mass is 10.0. The largest absolute Gasteiger partial charge is 0.379 e. The van der Waals surface area contributed by atoms with Crippen molar-refractivity contribution in [3.8, 4) is 0 Å². The highest BCUT2D eigenvalue weighted by atomic mass is 16.5. The second kappa shape index (κ2) is 6.33.